The third-order valence-electron chi connectivity index (χ3n) is 6.10. The van der Waals surface area contributed by atoms with Crippen molar-refractivity contribution in [3.63, 3.8) is 0 Å². The number of amides is 2. The number of hydrogen-bond donors (Lipinski definition) is 2. The van der Waals surface area contributed by atoms with Gasteiger partial charge in [-0.1, -0.05) is 20.3 Å². The highest BCUT2D eigenvalue weighted by molar-refractivity contribution is 7.80. The van der Waals surface area contributed by atoms with Crippen LogP contribution >= 0.6 is 12.2 Å². The summed E-state index contributed by atoms with van der Waals surface area (Å²) in [6.07, 6.45) is 5.75. The molecule has 2 N–H and O–H groups in total. The fourth-order valence-electron chi connectivity index (χ4n) is 4.09. The standard InChI is InChI=1S/C25H35N3O5S/c1-17(2)12-15-32-19-10-8-18(9-11-19)23(30)27-25(34)28-14-13-26-24(31)21(28)16-22(29)33-20-6-4-3-5-7-20/h8-11,17,20-21H,3-7,12-16H2,1-2H3,(H,26,31)(H,27,30,34). The average molecular weight is 490 g/mol. The summed E-state index contributed by atoms with van der Waals surface area (Å²) < 4.78 is 11.3. The second-order valence-electron chi connectivity index (χ2n) is 9.27. The van der Waals surface area contributed by atoms with Crippen LogP contribution in [0.15, 0.2) is 24.3 Å². The summed E-state index contributed by atoms with van der Waals surface area (Å²) >= 11 is 5.44. The van der Waals surface area contributed by atoms with Crippen LogP contribution in [0.1, 0.15) is 69.2 Å². The maximum atomic E-state index is 12.7. The Balaban J connectivity index is 1.55. The van der Waals surface area contributed by atoms with Gasteiger partial charge in [-0.05, 0) is 74.5 Å². The van der Waals surface area contributed by atoms with E-state index in [1.807, 2.05) is 0 Å². The molecule has 34 heavy (non-hydrogen) atoms. The Morgan fingerprint density at radius 2 is 1.88 bits per heavy atom. The van der Waals surface area contributed by atoms with Gasteiger partial charge in [-0.2, -0.15) is 0 Å². The zero-order valence-corrected chi connectivity index (χ0v) is 20.8. The van der Waals surface area contributed by atoms with Crippen LogP contribution in [0.5, 0.6) is 5.75 Å². The number of nitrogens with one attached hydrogen (secondary N) is 2. The van der Waals surface area contributed by atoms with Crippen molar-refractivity contribution in [3.8, 4) is 5.75 Å². The second-order valence-corrected chi connectivity index (χ2v) is 9.66. The lowest BCUT2D eigenvalue weighted by Gasteiger charge is -2.36. The number of carbonyl (C=O) groups excluding carboxylic acids is 3. The number of rotatable bonds is 8. The van der Waals surface area contributed by atoms with Crippen LogP contribution in [0.3, 0.4) is 0 Å². The van der Waals surface area contributed by atoms with E-state index in [0.717, 1.165) is 38.5 Å². The van der Waals surface area contributed by atoms with E-state index in [1.54, 1.807) is 29.2 Å². The quantitative estimate of drug-likeness (QED) is 0.428. The van der Waals surface area contributed by atoms with E-state index < -0.39 is 12.0 Å². The molecule has 2 fully saturated rings. The Bertz CT molecular complexity index is 868. The lowest BCUT2D eigenvalue weighted by Crippen LogP contribution is -2.60. The van der Waals surface area contributed by atoms with Gasteiger partial charge in [-0.15, -0.1) is 0 Å². The molecular formula is C25H35N3O5S. The Morgan fingerprint density at radius 3 is 2.56 bits per heavy atom. The number of thiocarbonyl (C=S) groups is 1. The van der Waals surface area contributed by atoms with Crippen molar-refractivity contribution in [2.75, 3.05) is 19.7 Å². The topological polar surface area (TPSA) is 97.0 Å². The molecule has 9 heteroatoms. The molecule has 0 spiro atoms. The van der Waals surface area contributed by atoms with E-state index in [4.69, 9.17) is 21.7 Å². The van der Waals surface area contributed by atoms with E-state index >= 15 is 0 Å². The zero-order valence-electron chi connectivity index (χ0n) is 20.0. The lowest BCUT2D eigenvalue weighted by molar-refractivity contribution is -0.153. The molecular weight excluding hydrogens is 454 g/mol. The predicted molar refractivity (Wildman–Crippen MR) is 133 cm³/mol. The van der Waals surface area contributed by atoms with Gasteiger partial charge in [0.15, 0.2) is 5.11 Å². The summed E-state index contributed by atoms with van der Waals surface area (Å²) in [5, 5.41) is 5.58. The molecule has 1 saturated heterocycles. The van der Waals surface area contributed by atoms with Gasteiger partial charge in [0.05, 0.1) is 13.0 Å². The normalized spacial score (nSPS) is 18.9. The molecule has 2 aliphatic rings. The van der Waals surface area contributed by atoms with Crippen molar-refractivity contribution < 1.29 is 23.9 Å². The number of ether oxygens (including phenoxy) is 2. The minimum Gasteiger partial charge on any atom is -0.494 e. The Labute approximate surface area is 206 Å². The summed E-state index contributed by atoms with van der Waals surface area (Å²) in [6, 6.07) is 6.03. The maximum Gasteiger partial charge on any atom is 0.308 e. The van der Waals surface area contributed by atoms with Crippen molar-refractivity contribution in [1.29, 1.82) is 0 Å². The summed E-state index contributed by atoms with van der Waals surface area (Å²) in [7, 11) is 0. The number of carbonyl (C=O) groups is 3. The Hall–Kier alpha value is -2.68. The smallest absolute Gasteiger partial charge is 0.308 e. The van der Waals surface area contributed by atoms with Crippen LogP contribution < -0.4 is 15.4 Å². The average Bonchev–Trinajstić information content (AvgIpc) is 2.81. The highest BCUT2D eigenvalue weighted by Gasteiger charge is 2.35. The molecule has 3 rings (SSSR count). The van der Waals surface area contributed by atoms with E-state index in [1.165, 1.54) is 0 Å². The van der Waals surface area contributed by atoms with Crippen LogP contribution in [-0.2, 0) is 14.3 Å². The van der Waals surface area contributed by atoms with Gasteiger partial charge in [0.25, 0.3) is 5.91 Å². The van der Waals surface area contributed by atoms with Crippen LogP contribution in [0, 0.1) is 5.92 Å². The third-order valence-corrected chi connectivity index (χ3v) is 6.44. The van der Waals surface area contributed by atoms with Crippen LogP contribution in [0.25, 0.3) is 0 Å². The van der Waals surface area contributed by atoms with Crippen LogP contribution in [0.4, 0.5) is 0 Å². The lowest BCUT2D eigenvalue weighted by atomic mass is 9.98. The molecule has 186 valence electrons. The summed E-state index contributed by atoms with van der Waals surface area (Å²) in [4.78, 5) is 39.3. The molecule has 0 aromatic heterocycles. The SMILES string of the molecule is CC(C)CCOc1ccc(C(=O)NC(=S)N2CCNC(=O)C2CC(=O)OC2CCCCC2)cc1. The molecule has 1 saturated carbocycles. The van der Waals surface area contributed by atoms with Crippen LogP contribution in [-0.4, -0.2) is 59.6 Å². The van der Waals surface area contributed by atoms with Crippen molar-refractivity contribution in [2.45, 2.75) is 70.9 Å². The summed E-state index contributed by atoms with van der Waals surface area (Å²) in [5.41, 5.74) is 0.424. The molecule has 2 amide bonds. The van der Waals surface area contributed by atoms with Gasteiger partial charge in [0.1, 0.15) is 17.9 Å². The van der Waals surface area contributed by atoms with Gasteiger partial charge in [-0.25, -0.2) is 0 Å². The second kappa shape index (κ2) is 12.7. The van der Waals surface area contributed by atoms with E-state index in [-0.39, 0.29) is 29.5 Å². The first-order chi connectivity index (χ1) is 16.3. The van der Waals surface area contributed by atoms with Crippen molar-refractivity contribution in [3.05, 3.63) is 29.8 Å². The fraction of sp³-hybridized carbons (Fsp3) is 0.600. The minimum atomic E-state index is -0.811. The third kappa shape index (κ3) is 7.68. The van der Waals surface area contributed by atoms with E-state index in [9.17, 15) is 14.4 Å². The first-order valence-corrected chi connectivity index (χ1v) is 12.6. The highest BCUT2D eigenvalue weighted by Crippen LogP contribution is 2.21. The predicted octanol–water partition coefficient (Wildman–Crippen LogP) is 3.19. The van der Waals surface area contributed by atoms with Crippen LogP contribution in [0.2, 0.25) is 0 Å². The fourth-order valence-corrected chi connectivity index (χ4v) is 4.40. The monoisotopic (exact) mass is 489 g/mol. The Morgan fingerprint density at radius 1 is 1.18 bits per heavy atom. The molecule has 1 unspecified atom stereocenters. The molecule has 1 aliphatic carbocycles. The minimum absolute atomic E-state index is 0.0784. The number of benzene rings is 1. The first-order valence-electron chi connectivity index (χ1n) is 12.2. The molecule has 1 atom stereocenters. The Kier molecular flexibility index (Phi) is 9.68. The van der Waals surface area contributed by atoms with Gasteiger partial charge >= 0.3 is 5.97 Å². The van der Waals surface area contributed by atoms with Gasteiger partial charge in [0, 0.05) is 18.7 Å². The number of piperazine rings is 1. The molecule has 1 heterocycles. The first kappa shape index (κ1) is 25.9. The van der Waals surface area contributed by atoms with Crippen molar-refractivity contribution in [2.24, 2.45) is 5.92 Å². The molecule has 1 aromatic rings. The number of nitrogens with zero attached hydrogens (tertiary/aromatic N) is 1. The highest BCUT2D eigenvalue weighted by atomic mass is 32.1. The molecule has 1 aliphatic heterocycles. The molecule has 8 nitrogen and oxygen atoms in total. The van der Waals surface area contributed by atoms with E-state index in [2.05, 4.69) is 24.5 Å². The maximum absolute atomic E-state index is 12.7. The van der Waals surface area contributed by atoms with Gasteiger partial charge in [-0.3, -0.25) is 19.7 Å². The summed E-state index contributed by atoms with van der Waals surface area (Å²) in [5.74, 6) is 0.158. The zero-order chi connectivity index (χ0) is 24.5. The largest absolute Gasteiger partial charge is 0.494 e. The number of hydrogen-bond acceptors (Lipinski definition) is 6. The van der Waals surface area contributed by atoms with Crippen molar-refractivity contribution in [1.82, 2.24) is 15.5 Å². The molecule has 0 radical (unpaired) electrons. The molecule has 1 aromatic carbocycles. The van der Waals surface area contributed by atoms with Gasteiger partial charge < -0.3 is 19.7 Å². The van der Waals surface area contributed by atoms with Gasteiger partial charge in [0.2, 0.25) is 5.91 Å². The van der Waals surface area contributed by atoms with Crippen molar-refractivity contribution >= 4 is 35.1 Å². The van der Waals surface area contributed by atoms with E-state index in [0.29, 0.717) is 36.9 Å². The summed E-state index contributed by atoms with van der Waals surface area (Å²) in [6.45, 7) is 5.67. The number of esters is 1. The molecule has 0 bridgehead atoms.